The summed E-state index contributed by atoms with van der Waals surface area (Å²) in [6, 6.07) is 3.08. The summed E-state index contributed by atoms with van der Waals surface area (Å²) in [7, 11) is 2.93. The minimum atomic E-state index is -2.96. The Morgan fingerprint density at radius 2 is 1.79 bits per heavy atom. The van der Waals surface area contributed by atoms with E-state index in [1.807, 2.05) is 0 Å². The van der Waals surface area contributed by atoms with Gasteiger partial charge >= 0.3 is 5.97 Å². The molecule has 3 aliphatic carbocycles. The van der Waals surface area contributed by atoms with E-state index >= 15 is 0 Å². The van der Waals surface area contributed by atoms with Gasteiger partial charge in [0.15, 0.2) is 11.4 Å². The second kappa shape index (κ2) is 10.1. The number of phenolic OH excluding ortho intramolecular Hbond substituents is 1. The summed E-state index contributed by atoms with van der Waals surface area (Å²) in [6.07, 6.45) is -0.540. The van der Waals surface area contributed by atoms with Gasteiger partial charge in [-0.25, -0.2) is 0 Å². The van der Waals surface area contributed by atoms with Crippen LogP contribution in [0.25, 0.3) is 5.76 Å². The zero-order chi connectivity index (χ0) is 29.0. The summed E-state index contributed by atoms with van der Waals surface area (Å²) in [5.74, 6) is -9.78. The number of hydrogen-bond donors (Lipinski definition) is 6. The first-order chi connectivity index (χ1) is 18.3. The molecular formula is C27H33N3O9. The van der Waals surface area contributed by atoms with E-state index in [0.717, 1.165) is 0 Å². The standard InChI is InChI=1S/C27H33N3O9/c1-11-12-7-6-8-13(31)16(12)21(33)17-15(11)23(39-14(32)9-4-5-10-28)19-20(30(2)3)22(34)18(26(29)37)25(36)27(19,38)24(17)35/h6-8,11,15,19-20,23,31,33,36,38H,4-5,9-10,28H2,1-3H3,(H2,29,37)/t11-,15+,19+,20-,23-,27-/m0/s1. The number of aliphatic hydroxyl groups is 3. The smallest absolute Gasteiger partial charge is 0.306 e. The van der Waals surface area contributed by atoms with Crippen molar-refractivity contribution in [2.45, 2.75) is 49.9 Å². The van der Waals surface area contributed by atoms with E-state index in [0.29, 0.717) is 24.9 Å². The SMILES string of the molecule is C[C@H]1c2cccc(O)c2C(O)=C2C(=O)[C@]3(O)C(O)=C(C(N)=O)C(=O)[C@@H](N(C)C)[C@@H]3[C@@H](OC(=O)CCCCN)[C@@H]21. The van der Waals surface area contributed by atoms with Crippen LogP contribution in [0.2, 0.25) is 0 Å². The molecule has 0 bridgehead atoms. The highest BCUT2D eigenvalue weighted by Crippen LogP contribution is 2.56. The van der Waals surface area contributed by atoms with Crippen LogP contribution >= 0.6 is 0 Å². The summed E-state index contributed by atoms with van der Waals surface area (Å²) in [4.78, 5) is 54.2. The Morgan fingerprint density at radius 3 is 2.38 bits per heavy atom. The van der Waals surface area contributed by atoms with Crippen LogP contribution in [0.3, 0.4) is 0 Å². The number of unbranched alkanes of at least 4 members (excludes halogenated alkanes) is 1. The minimum absolute atomic E-state index is 0.0469. The average Bonchev–Trinajstić information content (AvgIpc) is 2.85. The number of benzene rings is 1. The van der Waals surface area contributed by atoms with Gasteiger partial charge in [0.2, 0.25) is 5.78 Å². The van der Waals surface area contributed by atoms with E-state index in [4.69, 9.17) is 16.2 Å². The van der Waals surface area contributed by atoms with Gasteiger partial charge in [-0.2, -0.15) is 0 Å². The van der Waals surface area contributed by atoms with Gasteiger partial charge in [-0.15, -0.1) is 0 Å². The van der Waals surface area contributed by atoms with Crippen LogP contribution in [0.15, 0.2) is 35.1 Å². The van der Waals surface area contributed by atoms with Crippen LogP contribution in [-0.2, 0) is 23.9 Å². The summed E-state index contributed by atoms with van der Waals surface area (Å²) >= 11 is 0. The lowest BCUT2D eigenvalue weighted by atomic mass is 9.54. The van der Waals surface area contributed by atoms with Gasteiger partial charge in [0, 0.05) is 17.9 Å². The number of ether oxygens (including phenoxy) is 1. The number of amides is 1. The van der Waals surface area contributed by atoms with Crippen LogP contribution in [0.5, 0.6) is 5.75 Å². The lowest BCUT2D eigenvalue weighted by Gasteiger charge is -2.54. The monoisotopic (exact) mass is 543 g/mol. The number of aromatic hydroxyl groups is 1. The number of fused-ring (bicyclic) bond motifs is 3. The number of hydrogen-bond acceptors (Lipinski definition) is 11. The highest BCUT2D eigenvalue weighted by Gasteiger charge is 2.69. The summed E-state index contributed by atoms with van der Waals surface area (Å²) in [5, 5.41) is 44.9. The summed E-state index contributed by atoms with van der Waals surface area (Å²) < 4.78 is 5.90. The Balaban J connectivity index is 2.03. The number of aliphatic hydroxyl groups excluding tert-OH is 2. The largest absolute Gasteiger partial charge is 0.508 e. The van der Waals surface area contributed by atoms with Crippen molar-refractivity contribution in [1.29, 1.82) is 0 Å². The maximum absolute atomic E-state index is 14.1. The lowest BCUT2D eigenvalue weighted by molar-refractivity contribution is -0.185. The van der Waals surface area contributed by atoms with Gasteiger partial charge in [-0.3, -0.25) is 24.1 Å². The molecule has 39 heavy (non-hydrogen) atoms. The third-order valence-corrected chi connectivity index (χ3v) is 8.07. The number of phenols is 1. The summed E-state index contributed by atoms with van der Waals surface area (Å²) in [6.45, 7) is 2.04. The number of nitrogens with zero attached hydrogens (tertiary/aromatic N) is 1. The van der Waals surface area contributed by atoms with Crippen molar-refractivity contribution in [1.82, 2.24) is 4.90 Å². The van der Waals surface area contributed by atoms with Crippen molar-refractivity contribution in [2.24, 2.45) is 23.3 Å². The molecule has 0 spiro atoms. The molecule has 0 saturated heterocycles. The highest BCUT2D eigenvalue weighted by molar-refractivity contribution is 6.24. The third-order valence-electron chi connectivity index (χ3n) is 8.07. The van der Waals surface area contributed by atoms with Crippen molar-refractivity contribution >= 4 is 29.2 Å². The molecule has 0 radical (unpaired) electrons. The van der Waals surface area contributed by atoms with Gasteiger partial charge < -0.3 is 36.6 Å². The first kappa shape index (κ1) is 28.3. The Hall–Kier alpha value is -3.74. The molecule has 1 aromatic carbocycles. The number of ketones is 2. The predicted octanol–water partition coefficient (Wildman–Crippen LogP) is 0.176. The van der Waals surface area contributed by atoms with E-state index in [-0.39, 0.29) is 17.7 Å². The number of primary amides is 1. The number of nitrogens with two attached hydrogens (primary N) is 2. The minimum Gasteiger partial charge on any atom is -0.508 e. The molecule has 3 aliphatic rings. The first-order valence-corrected chi connectivity index (χ1v) is 12.7. The highest BCUT2D eigenvalue weighted by atomic mass is 16.5. The molecule has 0 heterocycles. The molecule has 210 valence electrons. The number of likely N-dealkylation sites (N-methyl/N-ethyl adjacent to an activating group) is 1. The Bertz CT molecular complexity index is 1320. The first-order valence-electron chi connectivity index (χ1n) is 12.7. The fourth-order valence-electron chi connectivity index (χ4n) is 6.31. The molecule has 0 aliphatic heterocycles. The Morgan fingerprint density at radius 1 is 1.13 bits per heavy atom. The summed E-state index contributed by atoms with van der Waals surface area (Å²) in [5.41, 5.74) is 6.98. The van der Waals surface area contributed by atoms with Crippen LogP contribution < -0.4 is 11.5 Å². The van der Waals surface area contributed by atoms with Gasteiger partial charge in [-0.05, 0) is 51.0 Å². The predicted molar refractivity (Wildman–Crippen MR) is 137 cm³/mol. The molecule has 1 saturated carbocycles. The van der Waals surface area contributed by atoms with E-state index in [9.17, 15) is 39.6 Å². The number of carbonyl (C=O) groups is 4. The van der Waals surface area contributed by atoms with Gasteiger partial charge in [-0.1, -0.05) is 19.1 Å². The van der Waals surface area contributed by atoms with E-state index in [2.05, 4.69) is 0 Å². The van der Waals surface area contributed by atoms with Crippen LogP contribution in [-0.4, -0.2) is 87.2 Å². The molecule has 1 aromatic rings. The molecule has 0 unspecified atom stereocenters. The van der Waals surface area contributed by atoms with Gasteiger partial charge in [0.25, 0.3) is 5.91 Å². The molecule has 0 aromatic heterocycles. The van der Waals surface area contributed by atoms with Crippen molar-refractivity contribution in [3.8, 4) is 5.75 Å². The van der Waals surface area contributed by atoms with E-state index in [1.54, 1.807) is 19.1 Å². The fraction of sp³-hybridized carbons (Fsp3) is 0.481. The topological polar surface area (TPSA) is 214 Å². The Labute approximate surface area is 224 Å². The second-order valence-corrected chi connectivity index (χ2v) is 10.5. The van der Waals surface area contributed by atoms with E-state index < -0.39 is 81.6 Å². The number of rotatable bonds is 7. The normalized spacial score (nSPS) is 30.2. The van der Waals surface area contributed by atoms with Crippen molar-refractivity contribution < 1.29 is 44.3 Å². The van der Waals surface area contributed by atoms with Crippen molar-refractivity contribution in [2.75, 3.05) is 20.6 Å². The second-order valence-electron chi connectivity index (χ2n) is 10.5. The zero-order valence-electron chi connectivity index (χ0n) is 21.9. The zero-order valence-corrected chi connectivity index (χ0v) is 21.9. The van der Waals surface area contributed by atoms with Crippen LogP contribution in [0.1, 0.15) is 43.2 Å². The number of Topliss-reactive ketones (excluding diaryl/α,β-unsaturated/α-hetero) is 2. The molecule has 6 atom stereocenters. The third kappa shape index (κ3) is 4.10. The van der Waals surface area contributed by atoms with Gasteiger partial charge in [0.1, 0.15) is 28.9 Å². The lowest BCUT2D eigenvalue weighted by Crippen LogP contribution is -2.71. The molecule has 8 N–H and O–H groups in total. The molecule has 12 nitrogen and oxygen atoms in total. The number of esters is 1. The van der Waals surface area contributed by atoms with Gasteiger partial charge in [0.05, 0.1) is 17.5 Å². The molecule has 12 heteroatoms. The van der Waals surface area contributed by atoms with Crippen molar-refractivity contribution in [3.63, 3.8) is 0 Å². The van der Waals surface area contributed by atoms with Crippen LogP contribution in [0, 0.1) is 11.8 Å². The van der Waals surface area contributed by atoms with Crippen molar-refractivity contribution in [3.05, 3.63) is 46.2 Å². The molecule has 1 fully saturated rings. The molecule has 4 rings (SSSR count). The molecule has 1 amide bonds. The number of carbonyl (C=O) groups excluding carboxylic acids is 4. The average molecular weight is 544 g/mol. The maximum Gasteiger partial charge on any atom is 0.306 e. The quantitative estimate of drug-likeness (QED) is 0.155. The Kier molecular flexibility index (Phi) is 7.32. The van der Waals surface area contributed by atoms with Crippen LogP contribution in [0.4, 0.5) is 0 Å². The van der Waals surface area contributed by atoms with E-state index in [1.165, 1.54) is 25.1 Å². The fourth-order valence-corrected chi connectivity index (χ4v) is 6.31. The maximum atomic E-state index is 14.1. The molecular weight excluding hydrogens is 510 g/mol.